The number of benzene rings is 2. The number of carbonyl (C=O) groups excluding carboxylic acids is 2. The van der Waals surface area contributed by atoms with E-state index >= 15 is 0 Å². The zero-order chi connectivity index (χ0) is 19.9. The Bertz CT molecular complexity index is 976. The van der Waals surface area contributed by atoms with Gasteiger partial charge in [0, 0.05) is 17.3 Å². The number of nitrogens with one attached hydrogen (secondary N) is 2. The average molecular weight is 397 g/mol. The maximum atomic E-state index is 12.2. The molecule has 0 radical (unpaired) electrons. The first-order chi connectivity index (χ1) is 13.5. The van der Waals surface area contributed by atoms with Crippen molar-refractivity contribution in [3.8, 4) is 0 Å². The van der Waals surface area contributed by atoms with Crippen molar-refractivity contribution >= 4 is 35.0 Å². The molecule has 0 saturated carbocycles. The maximum absolute atomic E-state index is 12.2. The minimum Gasteiger partial charge on any atom is -0.465 e. The third-order valence-electron chi connectivity index (χ3n) is 3.81. The van der Waals surface area contributed by atoms with E-state index in [1.165, 1.54) is 19.5 Å². The number of esters is 1. The van der Waals surface area contributed by atoms with Crippen LogP contribution in [0.4, 0.5) is 11.5 Å². The van der Waals surface area contributed by atoms with Gasteiger partial charge in [0.25, 0.3) is 5.91 Å². The lowest BCUT2D eigenvalue weighted by atomic mass is 10.2. The molecule has 0 atom stereocenters. The average Bonchev–Trinajstić information content (AvgIpc) is 2.73. The highest BCUT2D eigenvalue weighted by Crippen LogP contribution is 2.16. The lowest BCUT2D eigenvalue weighted by Gasteiger charge is -2.08. The Morgan fingerprint density at radius 2 is 1.86 bits per heavy atom. The minimum absolute atomic E-state index is 0.197. The van der Waals surface area contributed by atoms with Crippen LogP contribution >= 0.6 is 11.6 Å². The van der Waals surface area contributed by atoms with Crippen molar-refractivity contribution in [1.82, 2.24) is 15.3 Å². The second-order valence-corrected chi connectivity index (χ2v) is 6.23. The molecular formula is C20H17ClN4O3. The molecule has 0 aliphatic rings. The number of methoxy groups -OCH3 is 1. The van der Waals surface area contributed by atoms with Crippen molar-refractivity contribution < 1.29 is 14.3 Å². The summed E-state index contributed by atoms with van der Waals surface area (Å²) in [4.78, 5) is 32.1. The molecule has 0 saturated heterocycles. The molecule has 7 nitrogen and oxygen atoms in total. The van der Waals surface area contributed by atoms with Crippen LogP contribution in [0.1, 0.15) is 26.4 Å². The molecule has 0 unspecified atom stereocenters. The topological polar surface area (TPSA) is 93.2 Å². The molecule has 1 aromatic heterocycles. The Kier molecular flexibility index (Phi) is 6.18. The normalized spacial score (nSPS) is 10.2. The molecule has 142 valence electrons. The molecule has 1 heterocycles. The molecule has 0 aliphatic heterocycles. The molecule has 0 fully saturated rings. The van der Waals surface area contributed by atoms with Gasteiger partial charge in [-0.3, -0.25) is 4.79 Å². The van der Waals surface area contributed by atoms with E-state index < -0.39 is 5.97 Å². The van der Waals surface area contributed by atoms with E-state index in [0.29, 0.717) is 28.6 Å². The van der Waals surface area contributed by atoms with Crippen LogP contribution in [0.3, 0.4) is 0 Å². The minimum atomic E-state index is -0.428. The second kappa shape index (κ2) is 8.96. The standard InChI is InChI=1S/C20H17ClN4O3/c1-28-20(27)14-3-2-4-16(9-14)25-18-12-22-17(11-23-18)19(26)24-10-13-5-7-15(21)8-6-13/h2-9,11-12H,10H2,1H3,(H,23,25)(H,24,26). The number of anilines is 2. The monoisotopic (exact) mass is 396 g/mol. The van der Waals surface area contributed by atoms with Crippen molar-refractivity contribution in [3.63, 3.8) is 0 Å². The number of ether oxygens (including phenoxy) is 1. The molecule has 0 bridgehead atoms. The maximum Gasteiger partial charge on any atom is 0.337 e. The highest BCUT2D eigenvalue weighted by molar-refractivity contribution is 6.30. The van der Waals surface area contributed by atoms with E-state index in [9.17, 15) is 9.59 Å². The summed E-state index contributed by atoms with van der Waals surface area (Å²) in [6, 6.07) is 14.0. The highest BCUT2D eigenvalue weighted by Gasteiger charge is 2.09. The van der Waals surface area contributed by atoms with E-state index in [1.807, 2.05) is 12.1 Å². The lowest BCUT2D eigenvalue weighted by Crippen LogP contribution is -2.24. The number of carbonyl (C=O) groups is 2. The second-order valence-electron chi connectivity index (χ2n) is 5.79. The molecule has 28 heavy (non-hydrogen) atoms. The Morgan fingerprint density at radius 3 is 2.54 bits per heavy atom. The van der Waals surface area contributed by atoms with Crippen LogP contribution in [0.15, 0.2) is 60.9 Å². The summed E-state index contributed by atoms with van der Waals surface area (Å²) in [5.74, 6) is -0.319. The predicted octanol–water partition coefficient (Wildman–Crippen LogP) is 3.59. The Balaban J connectivity index is 1.60. The molecule has 2 aromatic carbocycles. The lowest BCUT2D eigenvalue weighted by molar-refractivity contribution is 0.0600. The number of nitrogens with zero attached hydrogens (tertiary/aromatic N) is 2. The van der Waals surface area contributed by atoms with Gasteiger partial charge in [-0.15, -0.1) is 0 Å². The third-order valence-corrected chi connectivity index (χ3v) is 4.06. The Labute approximate surface area is 166 Å². The van der Waals surface area contributed by atoms with E-state index in [1.54, 1.807) is 36.4 Å². The number of amides is 1. The van der Waals surface area contributed by atoms with Gasteiger partial charge in [0.2, 0.25) is 0 Å². The first-order valence-corrected chi connectivity index (χ1v) is 8.73. The van der Waals surface area contributed by atoms with Crippen LogP contribution in [0, 0.1) is 0 Å². The van der Waals surface area contributed by atoms with Gasteiger partial charge >= 0.3 is 5.97 Å². The SMILES string of the molecule is COC(=O)c1cccc(Nc2cnc(C(=O)NCc3ccc(Cl)cc3)cn2)c1. The number of halogens is 1. The molecule has 0 aliphatic carbocycles. The van der Waals surface area contributed by atoms with Crippen LogP contribution < -0.4 is 10.6 Å². The van der Waals surface area contributed by atoms with Crippen molar-refractivity contribution in [2.75, 3.05) is 12.4 Å². The number of rotatable bonds is 6. The van der Waals surface area contributed by atoms with E-state index in [2.05, 4.69) is 20.6 Å². The van der Waals surface area contributed by atoms with E-state index in [-0.39, 0.29) is 11.6 Å². The van der Waals surface area contributed by atoms with Gasteiger partial charge in [0.05, 0.1) is 25.1 Å². The summed E-state index contributed by atoms with van der Waals surface area (Å²) in [7, 11) is 1.32. The fraction of sp³-hybridized carbons (Fsp3) is 0.100. The predicted molar refractivity (Wildman–Crippen MR) is 106 cm³/mol. The number of hydrogen-bond acceptors (Lipinski definition) is 6. The number of aromatic nitrogens is 2. The molecule has 8 heteroatoms. The van der Waals surface area contributed by atoms with Crippen LogP contribution in [-0.2, 0) is 11.3 Å². The Morgan fingerprint density at radius 1 is 1.07 bits per heavy atom. The van der Waals surface area contributed by atoms with Gasteiger partial charge in [-0.25, -0.2) is 14.8 Å². The zero-order valence-electron chi connectivity index (χ0n) is 15.0. The van der Waals surface area contributed by atoms with E-state index in [4.69, 9.17) is 16.3 Å². The smallest absolute Gasteiger partial charge is 0.337 e. The highest BCUT2D eigenvalue weighted by atomic mass is 35.5. The van der Waals surface area contributed by atoms with Crippen molar-refractivity contribution in [2.45, 2.75) is 6.54 Å². The molecule has 1 amide bonds. The van der Waals surface area contributed by atoms with E-state index in [0.717, 1.165) is 5.56 Å². The summed E-state index contributed by atoms with van der Waals surface area (Å²) >= 11 is 5.84. The van der Waals surface area contributed by atoms with Gasteiger partial charge in [-0.05, 0) is 35.9 Å². The molecule has 3 rings (SSSR count). The summed E-state index contributed by atoms with van der Waals surface area (Å²) in [5.41, 5.74) is 2.19. The van der Waals surface area contributed by atoms with Crippen LogP contribution in [0.25, 0.3) is 0 Å². The van der Waals surface area contributed by atoms with Crippen molar-refractivity contribution in [1.29, 1.82) is 0 Å². The summed E-state index contributed by atoms with van der Waals surface area (Å²) in [6.07, 6.45) is 2.83. The van der Waals surface area contributed by atoms with Gasteiger partial charge in [0.15, 0.2) is 0 Å². The Hall–Kier alpha value is -3.45. The molecule has 3 aromatic rings. The summed E-state index contributed by atoms with van der Waals surface area (Å²) < 4.78 is 4.70. The fourth-order valence-corrected chi connectivity index (χ4v) is 2.50. The van der Waals surface area contributed by atoms with Gasteiger partial charge in [-0.1, -0.05) is 29.8 Å². The van der Waals surface area contributed by atoms with Crippen LogP contribution in [-0.4, -0.2) is 29.0 Å². The first kappa shape index (κ1) is 19.3. The fourth-order valence-electron chi connectivity index (χ4n) is 2.37. The third kappa shape index (κ3) is 5.05. The van der Waals surface area contributed by atoms with Crippen LogP contribution in [0.2, 0.25) is 5.02 Å². The van der Waals surface area contributed by atoms with Gasteiger partial charge in [0.1, 0.15) is 11.5 Å². The van der Waals surface area contributed by atoms with Gasteiger partial charge in [-0.2, -0.15) is 0 Å². The zero-order valence-corrected chi connectivity index (χ0v) is 15.7. The largest absolute Gasteiger partial charge is 0.465 e. The quantitative estimate of drug-likeness (QED) is 0.618. The van der Waals surface area contributed by atoms with Crippen molar-refractivity contribution in [3.05, 3.63) is 82.8 Å². The van der Waals surface area contributed by atoms with Gasteiger partial charge < -0.3 is 15.4 Å². The molecule has 2 N–H and O–H groups in total. The molecular weight excluding hydrogens is 380 g/mol. The van der Waals surface area contributed by atoms with Crippen LogP contribution in [0.5, 0.6) is 0 Å². The molecule has 0 spiro atoms. The summed E-state index contributed by atoms with van der Waals surface area (Å²) in [5, 5.41) is 6.44. The first-order valence-electron chi connectivity index (χ1n) is 8.35. The summed E-state index contributed by atoms with van der Waals surface area (Å²) in [6.45, 7) is 0.359. The number of hydrogen-bond donors (Lipinski definition) is 2. The van der Waals surface area contributed by atoms with Crippen molar-refractivity contribution in [2.24, 2.45) is 0 Å².